The van der Waals surface area contributed by atoms with Gasteiger partial charge in [0.25, 0.3) is 0 Å². The first-order valence-corrected chi connectivity index (χ1v) is 7.97. The Labute approximate surface area is 115 Å². The van der Waals surface area contributed by atoms with Crippen LogP contribution in [0.5, 0.6) is 0 Å². The summed E-state index contributed by atoms with van der Waals surface area (Å²) >= 11 is 3.44. The second-order valence-corrected chi connectivity index (χ2v) is 7.14. The highest BCUT2D eigenvalue weighted by Crippen LogP contribution is 2.49. The molecule has 0 spiro atoms. The molecule has 96 valence electrons. The summed E-state index contributed by atoms with van der Waals surface area (Å²) in [6.45, 7) is 0. The zero-order valence-corrected chi connectivity index (χ0v) is 12.7. The summed E-state index contributed by atoms with van der Waals surface area (Å²) in [6.07, 6.45) is 0.284. The summed E-state index contributed by atoms with van der Waals surface area (Å²) in [4.78, 5) is 0. The van der Waals surface area contributed by atoms with Gasteiger partial charge in [-0.15, -0.1) is 0 Å². The molecule has 0 saturated heterocycles. The smallest absolute Gasteiger partial charge is 0.312 e. The molecule has 0 amide bonds. The van der Waals surface area contributed by atoms with Crippen LogP contribution in [0.4, 0.5) is 0 Å². The second-order valence-electron chi connectivity index (χ2n) is 3.96. The number of rotatable bonds is 4. The Morgan fingerprint density at radius 3 is 2.33 bits per heavy atom. The summed E-state index contributed by atoms with van der Waals surface area (Å²) in [7, 11) is -0.189. The van der Waals surface area contributed by atoms with Crippen LogP contribution >= 0.6 is 23.5 Å². The summed E-state index contributed by atoms with van der Waals surface area (Å²) < 4.78 is 23.0. The minimum Gasteiger partial charge on any atom is -0.312 e. The zero-order valence-electron chi connectivity index (χ0n) is 10.2. The van der Waals surface area contributed by atoms with E-state index in [1.165, 1.54) is 14.2 Å². The van der Waals surface area contributed by atoms with Crippen LogP contribution in [0.2, 0.25) is 0 Å². The molecule has 18 heavy (non-hydrogen) atoms. The van der Waals surface area contributed by atoms with Gasteiger partial charge in [-0.25, -0.2) is 0 Å². The van der Waals surface area contributed by atoms with Crippen molar-refractivity contribution in [2.24, 2.45) is 0 Å². The van der Waals surface area contributed by atoms with E-state index in [2.05, 4.69) is 15.9 Å². The van der Waals surface area contributed by atoms with E-state index in [-0.39, 0.29) is 6.16 Å². The average molecular weight is 329 g/mol. The molecule has 0 aromatic heterocycles. The van der Waals surface area contributed by atoms with Crippen molar-refractivity contribution >= 4 is 34.3 Å². The van der Waals surface area contributed by atoms with Crippen LogP contribution in [-0.2, 0) is 19.8 Å². The maximum absolute atomic E-state index is 12.1. The van der Waals surface area contributed by atoms with Crippen molar-refractivity contribution in [1.82, 2.24) is 0 Å². The lowest BCUT2D eigenvalue weighted by Crippen LogP contribution is -1.93. The van der Waals surface area contributed by atoms with Crippen molar-refractivity contribution < 1.29 is 13.6 Å². The molecule has 0 N–H and O–H groups in total. The Kier molecular flexibility index (Phi) is 4.23. The van der Waals surface area contributed by atoms with Crippen molar-refractivity contribution in [2.45, 2.75) is 6.16 Å². The normalized spacial score (nSPS) is 11.9. The summed E-state index contributed by atoms with van der Waals surface area (Å²) in [6, 6.07) is 12.0. The van der Waals surface area contributed by atoms with Gasteiger partial charge in [0.15, 0.2) is 0 Å². The van der Waals surface area contributed by atoms with Crippen molar-refractivity contribution in [3.05, 3.63) is 46.4 Å². The van der Waals surface area contributed by atoms with Gasteiger partial charge < -0.3 is 9.05 Å². The lowest BCUT2D eigenvalue weighted by atomic mass is 10.1. The molecule has 0 bridgehead atoms. The number of hydrogen-bond donors (Lipinski definition) is 0. The van der Waals surface area contributed by atoms with Crippen molar-refractivity contribution in [3.8, 4) is 0 Å². The van der Waals surface area contributed by atoms with Gasteiger partial charge in [0, 0.05) is 18.7 Å². The molecule has 2 aromatic rings. The summed E-state index contributed by atoms with van der Waals surface area (Å²) in [5, 5.41) is 2.24. The number of halogens is 1. The van der Waals surface area contributed by atoms with E-state index in [1.807, 2.05) is 36.4 Å². The van der Waals surface area contributed by atoms with E-state index >= 15 is 0 Å². The lowest BCUT2D eigenvalue weighted by molar-refractivity contribution is 0.275. The van der Waals surface area contributed by atoms with E-state index in [9.17, 15) is 4.57 Å². The highest BCUT2D eigenvalue weighted by molar-refractivity contribution is 9.10. The third-order valence-corrected chi connectivity index (χ3v) is 5.16. The fourth-order valence-electron chi connectivity index (χ4n) is 1.79. The Hall–Kier alpha value is -0.670. The van der Waals surface area contributed by atoms with Crippen LogP contribution in [-0.4, -0.2) is 14.2 Å². The van der Waals surface area contributed by atoms with Gasteiger partial charge in [0.05, 0.1) is 6.16 Å². The zero-order chi connectivity index (χ0) is 13.2. The Morgan fingerprint density at radius 2 is 1.67 bits per heavy atom. The molecular weight excluding hydrogens is 315 g/mol. The fourth-order valence-corrected chi connectivity index (χ4v) is 3.22. The fraction of sp³-hybridized carbons (Fsp3) is 0.231. The van der Waals surface area contributed by atoms with Crippen molar-refractivity contribution in [1.29, 1.82) is 0 Å². The van der Waals surface area contributed by atoms with Gasteiger partial charge in [-0.3, -0.25) is 4.57 Å². The molecule has 0 atom stereocenters. The van der Waals surface area contributed by atoms with Crippen LogP contribution in [0.25, 0.3) is 10.8 Å². The number of hydrogen-bond acceptors (Lipinski definition) is 3. The molecule has 0 fully saturated rings. The first-order chi connectivity index (χ1) is 8.56. The highest BCUT2D eigenvalue weighted by atomic mass is 79.9. The molecule has 5 heteroatoms. The average Bonchev–Trinajstić information content (AvgIpc) is 2.39. The van der Waals surface area contributed by atoms with Crippen LogP contribution in [0.15, 0.2) is 40.9 Å². The van der Waals surface area contributed by atoms with E-state index in [4.69, 9.17) is 9.05 Å². The predicted molar refractivity (Wildman–Crippen MR) is 77.0 cm³/mol. The van der Waals surface area contributed by atoms with Gasteiger partial charge >= 0.3 is 7.60 Å². The number of fused-ring (bicyclic) bond motifs is 1. The van der Waals surface area contributed by atoms with Crippen molar-refractivity contribution in [2.75, 3.05) is 14.2 Å². The molecule has 0 radical (unpaired) electrons. The molecule has 3 nitrogen and oxygen atoms in total. The molecule has 0 aliphatic heterocycles. The van der Waals surface area contributed by atoms with E-state index in [0.29, 0.717) is 0 Å². The molecule has 0 aliphatic rings. The summed E-state index contributed by atoms with van der Waals surface area (Å²) in [5.41, 5.74) is 0.942. The standard InChI is InChI=1S/C13H14BrO3P/c1-16-18(15,17-2)9-10-3-4-12-8-13(14)6-5-11(12)7-10/h3-8H,9H2,1-2H3. The van der Waals surface area contributed by atoms with Crippen LogP contribution < -0.4 is 0 Å². The molecule has 2 rings (SSSR count). The molecule has 2 aromatic carbocycles. The first kappa shape index (κ1) is 13.8. The minimum atomic E-state index is -3.00. The maximum atomic E-state index is 12.1. The SMILES string of the molecule is COP(=O)(Cc1ccc2cc(Br)ccc2c1)OC. The van der Waals surface area contributed by atoms with Gasteiger partial charge in [-0.2, -0.15) is 0 Å². The van der Waals surface area contributed by atoms with Crippen LogP contribution in [0, 0.1) is 0 Å². The topological polar surface area (TPSA) is 35.5 Å². The Morgan fingerprint density at radius 1 is 1.06 bits per heavy atom. The largest absolute Gasteiger partial charge is 0.334 e. The third kappa shape index (κ3) is 3.01. The van der Waals surface area contributed by atoms with E-state index in [0.717, 1.165) is 20.8 Å². The van der Waals surface area contributed by atoms with E-state index < -0.39 is 7.60 Å². The number of benzene rings is 2. The van der Waals surface area contributed by atoms with Gasteiger partial charge in [0.2, 0.25) is 0 Å². The highest BCUT2D eigenvalue weighted by Gasteiger charge is 2.21. The maximum Gasteiger partial charge on any atom is 0.334 e. The molecule has 0 saturated carbocycles. The monoisotopic (exact) mass is 328 g/mol. The molecular formula is C13H14BrO3P. The van der Waals surface area contributed by atoms with Gasteiger partial charge in [-0.1, -0.05) is 40.2 Å². The van der Waals surface area contributed by atoms with Crippen LogP contribution in [0.1, 0.15) is 5.56 Å². The lowest BCUT2D eigenvalue weighted by Gasteiger charge is -2.13. The Balaban J connectivity index is 2.36. The van der Waals surface area contributed by atoms with Crippen LogP contribution in [0.3, 0.4) is 0 Å². The summed E-state index contributed by atoms with van der Waals surface area (Å²) in [5.74, 6) is 0. The van der Waals surface area contributed by atoms with Gasteiger partial charge in [-0.05, 0) is 28.5 Å². The van der Waals surface area contributed by atoms with Gasteiger partial charge in [0.1, 0.15) is 0 Å². The Bertz CT molecular complexity index is 604. The second kappa shape index (κ2) is 5.54. The molecule has 0 unspecified atom stereocenters. The van der Waals surface area contributed by atoms with E-state index in [1.54, 1.807) is 0 Å². The molecule has 0 aliphatic carbocycles. The molecule has 0 heterocycles. The third-order valence-electron chi connectivity index (χ3n) is 2.80. The predicted octanol–water partition coefficient (Wildman–Crippen LogP) is 4.59. The first-order valence-electron chi connectivity index (χ1n) is 5.45. The minimum absolute atomic E-state index is 0.284. The van der Waals surface area contributed by atoms with Crippen molar-refractivity contribution in [3.63, 3.8) is 0 Å². The quantitative estimate of drug-likeness (QED) is 0.770.